The fourth-order valence-corrected chi connectivity index (χ4v) is 3.26. The van der Waals surface area contributed by atoms with Gasteiger partial charge in [0, 0.05) is 19.2 Å². The van der Waals surface area contributed by atoms with E-state index >= 15 is 0 Å². The molecule has 2 rings (SSSR count). The van der Waals surface area contributed by atoms with Gasteiger partial charge in [0.2, 0.25) is 11.8 Å². The van der Waals surface area contributed by atoms with Gasteiger partial charge in [-0.2, -0.15) is 0 Å². The molecule has 0 saturated heterocycles. The van der Waals surface area contributed by atoms with Gasteiger partial charge in [-0.1, -0.05) is 12.1 Å². The third-order valence-corrected chi connectivity index (χ3v) is 3.95. The van der Waals surface area contributed by atoms with Crippen molar-refractivity contribution in [2.75, 3.05) is 17.2 Å². The Morgan fingerprint density at radius 2 is 1.82 bits per heavy atom. The molecular weight excluding hydrogens is 304 g/mol. The highest BCUT2D eigenvalue weighted by Crippen LogP contribution is 2.40. The average molecular weight is 320 g/mol. The first-order chi connectivity index (χ1) is 10.4. The van der Waals surface area contributed by atoms with Crippen LogP contribution in [0.25, 0.3) is 10.1 Å². The molecule has 6 nitrogen and oxygen atoms in total. The summed E-state index contributed by atoms with van der Waals surface area (Å²) >= 11 is 1.23. The van der Waals surface area contributed by atoms with Gasteiger partial charge in [-0.05, 0) is 13.0 Å². The maximum Gasteiger partial charge on any atom is 0.341 e. The van der Waals surface area contributed by atoms with Crippen molar-refractivity contribution < 1.29 is 19.1 Å². The van der Waals surface area contributed by atoms with E-state index in [0.29, 0.717) is 26.3 Å². The maximum atomic E-state index is 12.2. The van der Waals surface area contributed by atoms with Gasteiger partial charge in [0.1, 0.15) is 10.6 Å². The molecule has 1 aromatic carbocycles. The molecule has 2 amide bonds. The van der Waals surface area contributed by atoms with Gasteiger partial charge >= 0.3 is 5.97 Å². The Hall–Kier alpha value is -2.41. The first-order valence-electron chi connectivity index (χ1n) is 6.71. The standard InChI is InChI=1S/C15H16N2O4S/c1-4-21-15(20)12-10-6-5-7-11(16-8(2)18)13(10)22-14(12)17-9(3)19/h5-7H,4H2,1-3H3,(H,16,18)(H,17,19). The van der Waals surface area contributed by atoms with Crippen molar-refractivity contribution in [3.05, 3.63) is 23.8 Å². The molecule has 0 radical (unpaired) electrons. The summed E-state index contributed by atoms with van der Waals surface area (Å²) in [7, 11) is 0. The van der Waals surface area contributed by atoms with Crippen LogP contribution in [-0.4, -0.2) is 24.4 Å². The summed E-state index contributed by atoms with van der Waals surface area (Å²) in [4.78, 5) is 34.9. The number of carbonyl (C=O) groups excluding carboxylic acids is 3. The normalized spacial score (nSPS) is 10.3. The quantitative estimate of drug-likeness (QED) is 0.848. The number of hydrogen-bond donors (Lipinski definition) is 2. The number of thiophene rings is 1. The second-order valence-electron chi connectivity index (χ2n) is 4.57. The van der Waals surface area contributed by atoms with Crippen molar-refractivity contribution in [3.63, 3.8) is 0 Å². The van der Waals surface area contributed by atoms with E-state index in [0.717, 1.165) is 0 Å². The molecule has 1 aromatic heterocycles. The average Bonchev–Trinajstić information content (AvgIpc) is 2.76. The van der Waals surface area contributed by atoms with Gasteiger partial charge in [0.05, 0.1) is 17.0 Å². The van der Waals surface area contributed by atoms with Crippen LogP contribution in [0.3, 0.4) is 0 Å². The van der Waals surface area contributed by atoms with Crippen molar-refractivity contribution in [3.8, 4) is 0 Å². The molecule has 0 bridgehead atoms. The van der Waals surface area contributed by atoms with Gasteiger partial charge in [-0.3, -0.25) is 9.59 Å². The van der Waals surface area contributed by atoms with Gasteiger partial charge < -0.3 is 15.4 Å². The Bertz CT molecular complexity index is 751. The van der Waals surface area contributed by atoms with Gasteiger partial charge in [0.25, 0.3) is 0 Å². The number of rotatable bonds is 4. The molecule has 1 heterocycles. The molecule has 2 N–H and O–H groups in total. The summed E-state index contributed by atoms with van der Waals surface area (Å²) in [6.07, 6.45) is 0. The van der Waals surface area contributed by atoms with Crippen LogP contribution >= 0.6 is 11.3 Å². The zero-order valence-corrected chi connectivity index (χ0v) is 13.3. The van der Waals surface area contributed by atoms with E-state index < -0.39 is 5.97 Å². The van der Waals surface area contributed by atoms with Crippen molar-refractivity contribution >= 4 is 49.9 Å². The SMILES string of the molecule is CCOC(=O)c1c(NC(C)=O)sc2c(NC(C)=O)cccc12. The molecule has 0 fully saturated rings. The minimum atomic E-state index is -0.502. The summed E-state index contributed by atoms with van der Waals surface area (Å²) in [5.41, 5.74) is 0.904. The van der Waals surface area contributed by atoms with E-state index in [1.54, 1.807) is 25.1 Å². The molecule has 116 valence electrons. The molecule has 7 heteroatoms. The van der Waals surface area contributed by atoms with Crippen LogP contribution in [0.4, 0.5) is 10.7 Å². The van der Waals surface area contributed by atoms with E-state index in [-0.39, 0.29) is 18.4 Å². The summed E-state index contributed by atoms with van der Waals surface area (Å²) in [5, 5.41) is 6.42. The molecule has 0 aliphatic heterocycles. The molecule has 0 spiro atoms. The van der Waals surface area contributed by atoms with E-state index in [1.807, 2.05) is 0 Å². The van der Waals surface area contributed by atoms with Gasteiger partial charge in [-0.25, -0.2) is 4.79 Å². The minimum absolute atomic E-state index is 0.209. The van der Waals surface area contributed by atoms with Crippen LogP contribution in [0, 0.1) is 0 Å². The number of fused-ring (bicyclic) bond motifs is 1. The number of amides is 2. The molecule has 2 aromatic rings. The zero-order chi connectivity index (χ0) is 16.3. The third-order valence-electron chi connectivity index (χ3n) is 2.80. The molecule has 0 aliphatic rings. The van der Waals surface area contributed by atoms with Crippen LogP contribution in [0.5, 0.6) is 0 Å². The number of esters is 1. The zero-order valence-electron chi connectivity index (χ0n) is 12.5. The fraction of sp³-hybridized carbons (Fsp3) is 0.267. The summed E-state index contributed by atoms with van der Waals surface area (Å²) in [6, 6.07) is 5.24. The van der Waals surface area contributed by atoms with Crippen molar-refractivity contribution in [2.45, 2.75) is 20.8 Å². The number of carbonyl (C=O) groups is 3. The third kappa shape index (κ3) is 3.25. The van der Waals surface area contributed by atoms with Crippen LogP contribution < -0.4 is 10.6 Å². The monoisotopic (exact) mass is 320 g/mol. The topological polar surface area (TPSA) is 84.5 Å². The number of anilines is 2. The molecule has 0 unspecified atom stereocenters. The Labute approximate surface area is 131 Å². The van der Waals surface area contributed by atoms with Crippen molar-refractivity contribution in [1.82, 2.24) is 0 Å². The smallest absolute Gasteiger partial charge is 0.341 e. The Kier molecular flexibility index (Phi) is 4.77. The lowest BCUT2D eigenvalue weighted by atomic mass is 10.1. The second kappa shape index (κ2) is 6.57. The lowest BCUT2D eigenvalue weighted by Crippen LogP contribution is -2.11. The number of hydrogen-bond acceptors (Lipinski definition) is 5. The van der Waals surface area contributed by atoms with E-state index in [2.05, 4.69) is 10.6 Å². The Morgan fingerprint density at radius 3 is 2.41 bits per heavy atom. The van der Waals surface area contributed by atoms with E-state index in [4.69, 9.17) is 4.74 Å². The first kappa shape index (κ1) is 16.0. The predicted octanol–water partition coefficient (Wildman–Crippen LogP) is 2.99. The van der Waals surface area contributed by atoms with Gasteiger partial charge in [-0.15, -0.1) is 11.3 Å². The summed E-state index contributed by atoms with van der Waals surface area (Å²) in [6.45, 7) is 4.73. The Balaban J connectivity index is 2.65. The van der Waals surface area contributed by atoms with Crippen LogP contribution in [-0.2, 0) is 14.3 Å². The number of nitrogens with one attached hydrogen (secondary N) is 2. The Morgan fingerprint density at radius 1 is 1.14 bits per heavy atom. The van der Waals surface area contributed by atoms with E-state index in [1.165, 1.54) is 25.2 Å². The summed E-state index contributed by atoms with van der Waals surface area (Å²) < 4.78 is 5.78. The maximum absolute atomic E-state index is 12.2. The van der Waals surface area contributed by atoms with Gasteiger partial charge in [0.15, 0.2) is 0 Å². The van der Waals surface area contributed by atoms with Crippen LogP contribution in [0.15, 0.2) is 18.2 Å². The number of ether oxygens (including phenoxy) is 1. The van der Waals surface area contributed by atoms with Crippen molar-refractivity contribution in [2.24, 2.45) is 0 Å². The lowest BCUT2D eigenvalue weighted by molar-refractivity contribution is -0.115. The van der Waals surface area contributed by atoms with E-state index in [9.17, 15) is 14.4 Å². The molecule has 22 heavy (non-hydrogen) atoms. The highest BCUT2D eigenvalue weighted by atomic mass is 32.1. The second-order valence-corrected chi connectivity index (χ2v) is 5.59. The van der Waals surface area contributed by atoms with Crippen LogP contribution in [0.2, 0.25) is 0 Å². The minimum Gasteiger partial charge on any atom is -0.462 e. The highest BCUT2D eigenvalue weighted by molar-refractivity contribution is 7.24. The fourth-order valence-electron chi connectivity index (χ4n) is 2.06. The molecule has 0 aliphatic carbocycles. The van der Waals surface area contributed by atoms with Crippen molar-refractivity contribution in [1.29, 1.82) is 0 Å². The largest absolute Gasteiger partial charge is 0.462 e. The first-order valence-corrected chi connectivity index (χ1v) is 7.53. The summed E-state index contributed by atoms with van der Waals surface area (Å²) in [5.74, 6) is -0.990. The predicted molar refractivity (Wildman–Crippen MR) is 86.4 cm³/mol. The van der Waals surface area contributed by atoms with Crippen LogP contribution in [0.1, 0.15) is 31.1 Å². The lowest BCUT2D eigenvalue weighted by Gasteiger charge is -2.05. The number of benzene rings is 1. The molecular formula is C15H16N2O4S. The molecule has 0 saturated carbocycles. The highest BCUT2D eigenvalue weighted by Gasteiger charge is 2.22. The molecule has 0 atom stereocenters.